The van der Waals surface area contributed by atoms with Crippen LogP contribution in [0.15, 0.2) is 43.2 Å². The van der Waals surface area contributed by atoms with E-state index in [1.54, 1.807) is 30.9 Å². The third-order valence-electron chi connectivity index (χ3n) is 3.52. The highest BCUT2D eigenvalue weighted by atomic mass is 35.5. The highest BCUT2D eigenvalue weighted by Crippen LogP contribution is 2.29. The van der Waals surface area contributed by atoms with Crippen LogP contribution in [0, 0.1) is 5.95 Å². The molecule has 0 N–H and O–H groups in total. The summed E-state index contributed by atoms with van der Waals surface area (Å²) in [4.78, 5) is 16.6. The van der Waals surface area contributed by atoms with Crippen molar-refractivity contribution in [3.8, 4) is 0 Å². The molecule has 3 rings (SSSR count). The molecule has 118 valence electrons. The number of imidazole rings is 1. The lowest BCUT2D eigenvalue weighted by Crippen LogP contribution is -2.17. The zero-order valence-electron chi connectivity index (χ0n) is 12.5. The third-order valence-corrected chi connectivity index (χ3v) is 3.85. The van der Waals surface area contributed by atoms with Crippen LogP contribution in [-0.4, -0.2) is 24.5 Å². The molecule has 3 heterocycles. The predicted octanol–water partition coefficient (Wildman–Crippen LogP) is 3.45. The monoisotopic (exact) mass is 331 g/mol. The second-order valence-corrected chi connectivity index (χ2v) is 5.43. The second-order valence-electron chi connectivity index (χ2n) is 5.08. The van der Waals surface area contributed by atoms with Gasteiger partial charge in [-0.05, 0) is 18.6 Å². The van der Waals surface area contributed by atoms with Gasteiger partial charge in [-0.15, -0.1) is 0 Å². The molecule has 0 fully saturated rings. The molecule has 3 aromatic rings. The maximum Gasteiger partial charge on any atom is 0.213 e. The molecule has 1 unspecified atom stereocenters. The molecule has 0 radical (unpaired) electrons. The van der Waals surface area contributed by atoms with E-state index in [1.807, 2.05) is 4.57 Å². The fourth-order valence-corrected chi connectivity index (χ4v) is 2.79. The molecule has 0 aliphatic rings. The van der Waals surface area contributed by atoms with E-state index < -0.39 is 12.0 Å². The molecule has 0 aliphatic carbocycles. The van der Waals surface area contributed by atoms with E-state index in [4.69, 9.17) is 11.6 Å². The SMILES string of the molecule is CCCc1c(Cl)ncnc1C(c1cccc(F)n1)n1ccnc1. The molecule has 7 heteroatoms. The van der Waals surface area contributed by atoms with Crippen LogP contribution in [0.3, 0.4) is 0 Å². The molecule has 0 aliphatic heterocycles. The Morgan fingerprint density at radius 2 is 2.17 bits per heavy atom. The van der Waals surface area contributed by atoms with Crippen LogP contribution in [-0.2, 0) is 6.42 Å². The number of halogens is 2. The van der Waals surface area contributed by atoms with E-state index in [0.717, 1.165) is 18.4 Å². The van der Waals surface area contributed by atoms with Gasteiger partial charge in [-0.1, -0.05) is 31.0 Å². The Balaban J connectivity index is 2.19. The zero-order chi connectivity index (χ0) is 16.2. The molecule has 0 saturated carbocycles. The van der Waals surface area contributed by atoms with Gasteiger partial charge < -0.3 is 4.57 Å². The van der Waals surface area contributed by atoms with Gasteiger partial charge in [0.15, 0.2) is 0 Å². The van der Waals surface area contributed by atoms with Gasteiger partial charge >= 0.3 is 0 Å². The Labute approximate surface area is 138 Å². The maximum atomic E-state index is 13.6. The minimum absolute atomic E-state index is 0.407. The van der Waals surface area contributed by atoms with Gasteiger partial charge in [-0.25, -0.2) is 19.9 Å². The van der Waals surface area contributed by atoms with Crippen molar-refractivity contribution in [2.24, 2.45) is 0 Å². The number of hydrogen-bond donors (Lipinski definition) is 0. The quantitative estimate of drug-likeness (QED) is 0.531. The Morgan fingerprint density at radius 3 is 2.87 bits per heavy atom. The summed E-state index contributed by atoms with van der Waals surface area (Å²) >= 11 is 6.26. The van der Waals surface area contributed by atoms with Crippen molar-refractivity contribution in [3.63, 3.8) is 0 Å². The Hall–Kier alpha value is -2.34. The molecular weight excluding hydrogens is 317 g/mol. The maximum absolute atomic E-state index is 13.6. The fourth-order valence-electron chi connectivity index (χ4n) is 2.55. The van der Waals surface area contributed by atoms with E-state index in [1.165, 1.54) is 12.4 Å². The minimum Gasteiger partial charge on any atom is -0.323 e. The summed E-state index contributed by atoms with van der Waals surface area (Å²) in [6.45, 7) is 2.06. The Kier molecular flexibility index (Phi) is 4.62. The van der Waals surface area contributed by atoms with Crippen molar-refractivity contribution in [3.05, 3.63) is 71.3 Å². The minimum atomic E-state index is -0.537. The van der Waals surface area contributed by atoms with Crippen LogP contribution < -0.4 is 0 Å². The molecule has 1 atom stereocenters. The van der Waals surface area contributed by atoms with Gasteiger partial charge in [0.2, 0.25) is 5.95 Å². The highest BCUT2D eigenvalue weighted by molar-refractivity contribution is 6.30. The number of nitrogens with zero attached hydrogens (tertiary/aromatic N) is 5. The summed E-state index contributed by atoms with van der Waals surface area (Å²) in [6, 6.07) is 4.30. The summed E-state index contributed by atoms with van der Waals surface area (Å²) in [7, 11) is 0. The van der Waals surface area contributed by atoms with Crippen LogP contribution in [0.1, 0.15) is 36.3 Å². The van der Waals surface area contributed by atoms with Crippen LogP contribution >= 0.6 is 11.6 Å². The molecule has 0 saturated heterocycles. The number of rotatable bonds is 5. The molecule has 5 nitrogen and oxygen atoms in total. The average molecular weight is 332 g/mol. The van der Waals surface area contributed by atoms with E-state index in [-0.39, 0.29) is 0 Å². The predicted molar refractivity (Wildman–Crippen MR) is 84.7 cm³/mol. The van der Waals surface area contributed by atoms with Crippen LogP contribution in [0.2, 0.25) is 5.15 Å². The lowest BCUT2D eigenvalue weighted by atomic mass is 10.0. The van der Waals surface area contributed by atoms with Crippen molar-refractivity contribution < 1.29 is 4.39 Å². The fraction of sp³-hybridized carbons (Fsp3) is 0.250. The van der Waals surface area contributed by atoms with Crippen molar-refractivity contribution in [2.45, 2.75) is 25.8 Å². The largest absolute Gasteiger partial charge is 0.323 e. The summed E-state index contributed by atoms with van der Waals surface area (Å²) in [5, 5.41) is 0.415. The van der Waals surface area contributed by atoms with E-state index in [0.29, 0.717) is 16.5 Å². The number of pyridine rings is 1. The third kappa shape index (κ3) is 3.22. The van der Waals surface area contributed by atoms with Crippen LogP contribution in [0.4, 0.5) is 4.39 Å². The van der Waals surface area contributed by atoms with Crippen molar-refractivity contribution in [2.75, 3.05) is 0 Å². The summed E-state index contributed by atoms with van der Waals surface area (Å²) in [6.07, 6.45) is 8.16. The van der Waals surface area contributed by atoms with Gasteiger partial charge in [-0.3, -0.25) is 0 Å². The number of aromatic nitrogens is 5. The van der Waals surface area contributed by atoms with E-state index >= 15 is 0 Å². The molecule has 0 bridgehead atoms. The first-order chi connectivity index (χ1) is 11.2. The topological polar surface area (TPSA) is 56.5 Å². The lowest BCUT2D eigenvalue weighted by molar-refractivity contribution is 0.554. The Bertz CT molecular complexity index is 791. The van der Waals surface area contributed by atoms with Gasteiger partial charge in [-0.2, -0.15) is 4.39 Å². The van der Waals surface area contributed by atoms with Gasteiger partial charge in [0.25, 0.3) is 0 Å². The van der Waals surface area contributed by atoms with E-state index in [2.05, 4.69) is 26.9 Å². The summed E-state index contributed by atoms with van der Waals surface area (Å²) < 4.78 is 15.5. The lowest BCUT2D eigenvalue weighted by Gasteiger charge is -2.20. The smallest absolute Gasteiger partial charge is 0.213 e. The van der Waals surface area contributed by atoms with Gasteiger partial charge in [0, 0.05) is 18.0 Å². The normalized spacial score (nSPS) is 12.3. The zero-order valence-corrected chi connectivity index (χ0v) is 13.3. The summed E-state index contributed by atoms with van der Waals surface area (Å²) in [5.41, 5.74) is 2.10. The average Bonchev–Trinajstić information content (AvgIpc) is 3.05. The van der Waals surface area contributed by atoms with Crippen LogP contribution in [0.25, 0.3) is 0 Å². The molecule has 0 spiro atoms. The van der Waals surface area contributed by atoms with Crippen LogP contribution in [0.5, 0.6) is 0 Å². The molecule has 0 amide bonds. The van der Waals surface area contributed by atoms with Crippen molar-refractivity contribution >= 4 is 11.6 Å². The first-order valence-corrected chi connectivity index (χ1v) is 7.67. The van der Waals surface area contributed by atoms with E-state index in [9.17, 15) is 4.39 Å². The molecule has 3 aromatic heterocycles. The molecule has 0 aromatic carbocycles. The number of hydrogen-bond acceptors (Lipinski definition) is 4. The summed E-state index contributed by atoms with van der Waals surface area (Å²) in [5.74, 6) is -0.537. The highest BCUT2D eigenvalue weighted by Gasteiger charge is 2.24. The first-order valence-electron chi connectivity index (χ1n) is 7.30. The van der Waals surface area contributed by atoms with Crippen molar-refractivity contribution in [1.82, 2.24) is 24.5 Å². The first kappa shape index (κ1) is 15.6. The second kappa shape index (κ2) is 6.83. The Morgan fingerprint density at radius 1 is 1.30 bits per heavy atom. The van der Waals surface area contributed by atoms with Crippen molar-refractivity contribution in [1.29, 1.82) is 0 Å². The standard InChI is InChI=1S/C16H15ClFN5/c1-2-4-11-14(20-9-21-16(11)17)15(23-8-7-19-10-23)12-5-3-6-13(18)22-12/h3,5-10,15H,2,4H2,1H3. The molecule has 23 heavy (non-hydrogen) atoms. The van der Waals surface area contributed by atoms with Gasteiger partial charge in [0.05, 0.1) is 17.7 Å². The molecular formula is C16H15ClFN5. The van der Waals surface area contributed by atoms with Gasteiger partial charge in [0.1, 0.15) is 17.5 Å².